The van der Waals surface area contributed by atoms with Crippen LogP contribution in [0.4, 0.5) is 0 Å². The minimum absolute atomic E-state index is 0.0659. The predicted octanol–water partition coefficient (Wildman–Crippen LogP) is 1.11. The quantitative estimate of drug-likeness (QED) is 0.857. The third kappa shape index (κ3) is 3.09. The Morgan fingerprint density at radius 3 is 2.90 bits per heavy atom. The van der Waals surface area contributed by atoms with E-state index < -0.39 is 0 Å². The van der Waals surface area contributed by atoms with Crippen molar-refractivity contribution >= 4 is 5.91 Å². The van der Waals surface area contributed by atoms with E-state index in [9.17, 15) is 9.90 Å². The Balaban J connectivity index is 1.96. The van der Waals surface area contributed by atoms with Gasteiger partial charge in [0.2, 0.25) is 0 Å². The lowest BCUT2D eigenvalue weighted by atomic mass is 10.1. The number of aromatic nitrogens is 2. The van der Waals surface area contributed by atoms with Crippen LogP contribution in [-0.2, 0) is 13.5 Å². The molecule has 106 valence electrons. The Hall–Kier alpha value is -2.50. The first-order chi connectivity index (χ1) is 9.61. The molecule has 0 aliphatic heterocycles. The number of rotatable bonds is 5. The average molecular weight is 275 g/mol. The van der Waals surface area contributed by atoms with Crippen molar-refractivity contribution in [2.45, 2.75) is 6.42 Å². The van der Waals surface area contributed by atoms with Crippen LogP contribution in [0.5, 0.6) is 11.5 Å². The molecule has 0 radical (unpaired) electrons. The van der Waals surface area contributed by atoms with Gasteiger partial charge in [0.15, 0.2) is 0 Å². The lowest BCUT2D eigenvalue weighted by Gasteiger charge is -2.08. The Bertz CT molecular complexity index is 607. The second-order valence-corrected chi connectivity index (χ2v) is 4.34. The fraction of sp³-hybridized carbons (Fsp3) is 0.286. The van der Waals surface area contributed by atoms with Crippen molar-refractivity contribution in [2.24, 2.45) is 7.05 Å². The molecule has 6 nitrogen and oxygen atoms in total. The van der Waals surface area contributed by atoms with Crippen molar-refractivity contribution in [1.82, 2.24) is 15.1 Å². The summed E-state index contributed by atoms with van der Waals surface area (Å²) in [5, 5.41) is 16.5. The molecule has 0 atom stereocenters. The highest BCUT2D eigenvalue weighted by Gasteiger charge is 2.12. The summed E-state index contributed by atoms with van der Waals surface area (Å²) in [5.41, 5.74) is 1.23. The number of benzene rings is 1. The molecule has 0 bridgehead atoms. The van der Waals surface area contributed by atoms with Crippen molar-refractivity contribution in [3.63, 3.8) is 0 Å². The van der Waals surface area contributed by atoms with E-state index in [4.69, 9.17) is 4.74 Å². The molecule has 0 spiro atoms. The number of hydrogen-bond donors (Lipinski definition) is 2. The molecule has 0 aliphatic carbocycles. The SMILES string of the molecule is COc1ccc(O)c(C(=O)NCCc2ccnn2C)c1. The predicted molar refractivity (Wildman–Crippen MR) is 73.9 cm³/mol. The first kappa shape index (κ1) is 13.9. The van der Waals surface area contributed by atoms with Gasteiger partial charge in [-0.05, 0) is 24.3 Å². The van der Waals surface area contributed by atoms with Gasteiger partial charge in [0.25, 0.3) is 5.91 Å². The molecule has 2 aromatic rings. The molecule has 1 aromatic carbocycles. The normalized spacial score (nSPS) is 10.3. The summed E-state index contributed by atoms with van der Waals surface area (Å²) < 4.78 is 6.80. The van der Waals surface area contributed by atoms with E-state index >= 15 is 0 Å². The number of carbonyl (C=O) groups is 1. The van der Waals surface area contributed by atoms with Gasteiger partial charge in [-0.25, -0.2) is 0 Å². The van der Waals surface area contributed by atoms with Crippen LogP contribution in [0.25, 0.3) is 0 Å². The van der Waals surface area contributed by atoms with Crippen LogP contribution >= 0.6 is 0 Å². The Morgan fingerprint density at radius 2 is 2.25 bits per heavy atom. The monoisotopic (exact) mass is 275 g/mol. The number of hydrogen-bond acceptors (Lipinski definition) is 4. The first-order valence-electron chi connectivity index (χ1n) is 6.24. The number of amides is 1. The molecule has 20 heavy (non-hydrogen) atoms. The Morgan fingerprint density at radius 1 is 1.45 bits per heavy atom. The van der Waals surface area contributed by atoms with Gasteiger partial charge in [-0.2, -0.15) is 5.10 Å². The third-order valence-electron chi connectivity index (χ3n) is 3.04. The van der Waals surface area contributed by atoms with E-state index in [1.54, 1.807) is 16.9 Å². The highest BCUT2D eigenvalue weighted by Crippen LogP contribution is 2.22. The number of carbonyl (C=O) groups excluding carboxylic acids is 1. The molecule has 0 aliphatic rings. The van der Waals surface area contributed by atoms with Crippen LogP contribution < -0.4 is 10.1 Å². The summed E-state index contributed by atoms with van der Waals surface area (Å²) in [6.45, 7) is 0.467. The largest absolute Gasteiger partial charge is 0.507 e. The molecule has 0 saturated carbocycles. The van der Waals surface area contributed by atoms with Crippen LogP contribution in [0.2, 0.25) is 0 Å². The van der Waals surface area contributed by atoms with E-state index in [1.807, 2.05) is 13.1 Å². The van der Waals surface area contributed by atoms with E-state index in [2.05, 4.69) is 10.4 Å². The zero-order valence-corrected chi connectivity index (χ0v) is 11.5. The van der Waals surface area contributed by atoms with Gasteiger partial charge in [-0.1, -0.05) is 0 Å². The van der Waals surface area contributed by atoms with Crippen molar-refractivity contribution in [3.8, 4) is 11.5 Å². The Kier molecular flexibility index (Phi) is 4.24. The van der Waals surface area contributed by atoms with Crippen LogP contribution in [0.1, 0.15) is 16.1 Å². The Labute approximate surface area is 117 Å². The van der Waals surface area contributed by atoms with Gasteiger partial charge in [0.05, 0.1) is 12.7 Å². The topological polar surface area (TPSA) is 76.4 Å². The lowest BCUT2D eigenvalue weighted by molar-refractivity contribution is 0.0951. The number of nitrogens with one attached hydrogen (secondary N) is 1. The maximum atomic E-state index is 12.0. The minimum Gasteiger partial charge on any atom is -0.507 e. The lowest BCUT2D eigenvalue weighted by Crippen LogP contribution is -2.26. The molecular formula is C14H17N3O3. The maximum Gasteiger partial charge on any atom is 0.255 e. The second kappa shape index (κ2) is 6.10. The third-order valence-corrected chi connectivity index (χ3v) is 3.04. The molecule has 2 N–H and O–H groups in total. The van der Waals surface area contributed by atoms with Gasteiger partial charge in [-0.15, -0.1) is 0 Å². The molecule has 0 unspecified atom stereocenters. The standard InChI is InChI=1S/C14H17N3O3/c1-17-10(6-8-16-17)5-7-15-14(19)12-9-11(20-2)3-4-13(12)18/h3-4,6,8-9,18H,5,7H2,1-2H3,(H,15,19). The summed E-state index contributed by atoms with van der Waals surface area (Å²) in [6.07, 6.45) is 2.39. The van der Waals surface area contributed by atoms with Crippen molar-refractivity contribution in [1.29, 1.82) is 0 Å². The van der Waals surface area contributed by atoms with E-state index in [0.717, 1.165) is 5.69 Å². The summed E-state index contributed by atoms with van der Waals surface area (Å²) in [6, 6.07) is 6.44. The number of nitrogens with zero attached hydrogens (tertiary/aromatic N) is 2. The van der Waals surface area contributed by atoms with Crippen molar-refractivity contribution in [3.05, 3.63) is 41.7 Å². The molecule has 1 aromatic heterocycles. The van der Waals surface area contributed by atoms with Gasteiger partial charge in [0, 0.05) is 31.9 Å². The van der Waals surface area contributed by atoms with Crippen LogP contribution in [-0.4, -0.2) is 34.4 Å². The molecule has 2 rings (SSSR count). The number of aromatic hydroxyl groups is 1. The number of phenolic OH excluding ortho intramolecular Hbond substituents is 1. The van der Waals surface area contributed by atoms with Crippen LogP contribution in [0, 0.1) is 0 Å². The van der Waals surface area contributed by atoms with E-state index in [0.29, 0.717) is 18.7 Å². The smallest absolute Gasteiger partial charge is 0.255 e. The van der Waals surface area contributed by atoms with Crippen LogP contribution in [0.3, 0.4) is 0 Å². The van der Waals surface area contributed by atoms with E-state index in [1.165, 1.54) is 19.2 Å². The molecular weight excluding hydrogens is 258 g/mol. The zero-order chi connectivity index (χ0) is 14.5. The number of aryl methyl sites for hydroxylation is 1. The minimum atomic E-state index is -0.330. The average Bonchev–Trinajstić information content (AvgIpc) is 2.85. The molecule has 1 heterocycles. The van der Waals surface area contributed by atoms with Gasteiger partial charge < -0.3 is 15.2 Å². The molecule has 0 fully saturated rings. The van der Waals surface area contributed by atoms with Crippen LogP contribution in [0.15, 0.2) is 30.5 Å². The first-order valence-corrected chi connectivity index (χ1v) is 6.24. The maximum absolute atomic E-state index is 12.0. The highest BCUT2D eigenvalue weighted by atomic mass is 16.5. The van der Waals surface area contributed by atoms with E-state index in [-0.39, 0.29) is 17.2 Å². The summed E-state index contributed by atoms with van der Waals surface area (Å²) >= 11 is 0. The molecule has 1 amide bonds. The summed E-state index contributed by atoms with van der Waals surface area (Å²) in [5.74, 6) is 0.131. The molecule has 0 saturated heterocycles. The van der Waals surface area contributed by atoms with Gasteiger partial charge in [-0.3, -0.25) is 9.48 Å². The zero-order valence-electron chi connectivity index (χ0n) is 11.5. The number of ether oxygens (including phenoxy) is 1. The second-order valence-electron chi connectivity index (χ2n) is 4.34. The fourth-order valence-corrected chi connectivity index (χ4v) is 1.87. The van der Waals surface area contributed by atoms with Gasteiger partial charge in [0.1, 0.15) is 11.5 Å². The number of phenols is 1. The van der Waals surface area contributed by atoms with Crippen molar-refractivity contribution < 1.29 is 14.6 Å². The summed E-state index contributed by atoms with van der Waals surface area (Å²) in [7, 11) is 3.36. The van der Waals surface area contributed by atoms with Gasteiger partial charge >= 0.3 is 0 Å². The fourth-order valence-electron chi connectivity index (χ4n) is 1.87. The summed E-state index contributed by atoms with van der Waals surface area (Å²) in [4.78, 5) is 12.0. The van der Waals surface area contributed by atoms with Crippen molar-refractivity contribution in [2.75, 3.05) is 13.7 Å². The number of methoxy groups -OCH3 is 1. The highest BCUT2D eigenvalue weighted by molar-refractivity contribution is 5.97. The molecule has 6 heteroatoms.